The molecule has 1 aliphatic rings. The van der Waals surface area contributed by atoms with Gasteiger partial charge < -0.3 is 9.88 Å². The molecular weight excluding hydrogens is 426 g/mol. The van der Waals surface area contributed by atoms with E-state index >= 15 is 0 Å². The first-order valence-electron chi connectivity index (χ1n) is 10.3. The average molecular weight is 452 g/mol. The molecule has 0 radical (unpaired) electrons. The van der Waals surface area contributed by atoms with E-state index in [-0.39, 0.29) is 28.1 Å². The number of non-ortho nitro benzene ring substituents is 1. The zero-order valence-corrected chi connectivity index (χ0v) is 18.5. The minimum absolute atomic E-state index is 0.111. The highest BCUT2D eigenvalue weighted by Crippen LogP contribution is 2.29. The molecular formula is C20H26ClN5O3S. The molecule has 0 atom stereocenters. The minimum atomic E-state index is -0.528. The number of hydrogen-bond acceptors (Lipinski definition) is 6. The lowest BCUT2D eigenvalue weighted by atomic mass is 9.86. The number of nitrogens with one attached hydrogen (secondary N) is 1. The van der Waals surface area contributed by atoms with E-state index in [0.29, 0.717) is 5.16 Å². The SMILES string of the molecule is CCn1c(CCC2CCCCC2)nnc1SCC(=O)Nc1cc([N+](=O)[O-])ccc1Cl. The highest BCUT2D eigenvalue weighted by molar-refractivity contribution is 7.99. The van der Waals surface area contributed by atoms with Crippen molar-refractivity contribution in [3.05, 3.63) is 39.2 Å². The van der Waals surface area contributed by atoms with Crippen molar-refractivity contribution in [2.45, 2.75) is 63.6 Å². The molecule has 8 nitrogen and oxygen atoms in total. The van der Waals surface area contributed by atoms with Crippen molar-refractivity contribution < 1.29 is 9.72 Å². The quantitative estimate of drug-likeness (QED) is 0.323. The number of nitrogens with zero attached hydrogens (tertiary/aromatic N) is 4. The van der Waals surface area contributed by atoms with Gasteiger partial charge in [-0.2, -0.15) is 0 Å². The maximum atomic E-state index is 12.3. The number of nitro groups is 1. The summed E-state index contributed by atoms with van der Waals surface area (Å²) < 4.78 is 2.06. The Bertz CT molecular complexity index is 899. The molecule has 1 fully saturated rings. The summed E-state index contributed by atoms with van der Waals surface area (Å²) in [4.78, 5) is 22.7. The molecule has 2 aromatic rings. The highest BCUT2D eigenvalue weighted by atomic mass is 35.5. The van der Waals surface area contributed by atoms with Crippen LogP contribution in [0, 0.1) is 16.0 Å². The summed E-state index contributed by atoms with van der Waals surface area (Å²) in [6, 6.07) is 3.95. The Morgan fingerprint density at radius 1 is 1.33 bits per heavy atom. The fraction of sp³-hybridized carbons (Fsp3) is 0.550. The van der Waals surface area contributed by atoms with E-state index in [2.05, 4.69) is 20.1 Å². The Morgan fingerprint density at radius 2 is 2.10 bits per heavy atom. The number of nitro benzene ring substituents is 1. The number of aryl methyl sites for hydroxylation is 1. The fourth-order valence-electron chi connectivity index (χ4n) is 3.78. The fourth-order valence-corrected chi connectivity index (χ4v) is 4.76. The van der Waals surface area contributed by atoms with Crippen LogP contribution in [0.3, 0.4) is 0 Å². The summed E-state index contributed by atoms with van der Waals surface area (Å²) in [5.74, 6) is 1.55. The van der Waals surface area contributed by atoms with Gasteiger partial charge >= 0.3 is 0 Å². The minimum Gasteiger partial charge on any atom is -0.324 e. The molecule has 0 bridgehead atoms. The van der Waals surface area contributed by atoms with E-state index in [4.69, 9.17) is 11.6 Å². The van der Waals surface area contributed by atoms with E-state index in [9.17, 15) is 14.9 Å². The third-order valence-electron chi connectivity index (χ3n) is 5.38. The van der Waals surface area contributed by atoms with Crippen LogP contribution in [0.5, 0.6) is 0 Å². The van der Waals surface area contributed by atoms with Crippen molar-refractivity contribution in [2.24, 2.45) is 5.92 Å². The summed E-state index contributed by atoms with van der Waals surface area (Å²) in [6.07, 6.45) is 8.67. The Balaban J connectivity index is 1.56. The molecule has 0 unspecified atom stereocenters. The van der Waals surface area contributed by atoms with E-state index in [1.807, 2.05) is 6.92 Å². The topological polar surface area (TPSA) is 103 Å². The van der Waals surface area contributed by atoms with E-state index in [1.165, 1.54) is 62.1 Å². The zero-order chi connectivity index (χ0) is 21.5. The highest BCUT2D eigenvalue weighted by Gasteiger charge is 2.18. The summed E-state index contributed by atoms with van der Waals surface area (Å²) in [6.45, 7) is 2.79. The normalized spacial score (nSPS) is 14.6. The number of aromatic nitrogens is 3. The first-order chi connectivity index (χ1) is 14.5. The Kier molecular flexibility index (Phi) is 8.09. The second-order valence-electron chi connectivity index (χ2n) is 7.44. The predicted molar refractivity (Wildman–Crippen MR) is 118 cm³/mol. The van der Waals surface area contributed by atoms with Crippen LogP contribution in [0.2, 0.25) is 5.02 Å². The molecule has 1 amide bonds. The van der Waals surface area contributed by atoms with Crippen LogP contribution in [0.1, 0.15) is 51.3 Å². The molecule has 0 saturated heterocycles. The van der Waals surface area contributed by atoms with Gasteiger partial charge in [0.05, 0.1) is 21.4 Å². The number of hydrogen-bond donors (Lipinski definition) is 1. The molecule has 1 aliphatic carbocycles. The Morgan fingerprint density at radius 3 is 2.80 bits per heavy atom. The number of carbonyl (C=O) groups is 1. The molecule has 30 heavy (non-hydrogen) atoms. The third-order valence-corrected chi connectivity index (χ3v) is 6.67. The zero-order valence-electron chi connectivity index (χ0n) is 17.0. The van der Waals surface area contributed by atoms with Crippen LogP contribution in [0.25, 0.3) is 0 Å². The summed E-state index contributed by atoms with van der Waals surface area (Å²) in [7, 11) is 0. The van der Waals surface area contributed by atoms with Gasteiger partial charge in [0.15, 0.2) is 5.16 Å². The van der Waals surface area contributed by atoms with Crippen molar-refractivity contribution >= 4 is 40.6 Å². The second kappa shape index (κ2) is 10.8. The maximum absolute atomic E-state index is 12.3. The van der Waals surface area contributed by atoms with Gasteiger partial charge in [0, 0.05) is 25.1 Å². The van der Waals surface area contributed by atoms with Crippen LogP contribution in [0.15, 0.2) is 23.4 Å². The molecule has 3 rings (SSSR count). The lowest BCUT2D eigenvalue weighted by molar-refractivity contribution is -0.384. The van der Waals surface area contributed by atoms with Gasteiger partial charge in [-0.15, -0.1) is 10.2 Å². The van der Waals surface area contributed by atoms with Crippen molar-refractivity contribution in [3.8, 4) is 0 Å². The van der Waals surface area contributed by atoms with Gasteiger partial charge in [-0.25, -0.2) is 0 Å². The van der Waals surface area contributed by atoms with E-state index in [1.54, 1.807) is 0 Å². The third kappa shape index (κ3) is 5.95. The molecule has 0 spiro atoms. The number of carbonyl (C=O) groups excluding carboxylic acids is 1. The van der Waals surface area contributed by atoms with Gasteiger partial charge in [0.2, 0.25) is 5.91 Å². The van der Waals surface area contributed by atoms with Crippen LogP contribution in [-0.4, -0.2) is 31.3 Å². The maximum Gasteiger partial charge on any atom is 0.271 e. The van der Waals surface area contributed by atoms with Gasteiger partial charge in [-0.05, 0) is 25.3 Å². The number of amides is 1. The molecule has 1 N–H and O–H groups in total. The van der Waals surface area contributed by atoms with E-state index in [0.717, 1.165) is 31.1 Å². The molecule has 10 heteroatoms. The van der Waals surface area contributed by atoms with Crippen molar-refractivity contribution in [1.82, 2.24) is 14.8 Å². The Hall–Kier alpha value is -2.13. The molecule has 1 aromatic carbocycles. The summed E-state index contributed by atoms with van der Waals surface area (Å²) in [5.41, 5.74) is 0.0947. The van der Waals surface area contributed by atoms with Gasteiger partial charge in [-0.3, -0.25) is 14.9 Å². The summed E-state index contributed by atoms with van der Waals surface area (Å²) >= 11 is 7.34. The number of benzene rings is 1. The molecule has 1 saturated carbocycles. The molecule has 162 valence electrons. The molecule has 1 aromatic heterocycles. The first-order valence-corrected chi connectivity index (χ1v) is 11.6. The van der Waals surface area contributed by atoms with Crippen molar-refractivity contribution in [2.75, 3.05) is 11.1 Å². The number of anilines is 1. The second-order valence-corrected chi connectivity index (χ2v) is 8.79. The number of thioether (sulfide) groups is 1. The largest absolute Gasteiger partial charge is 0.324 e. The number of rotatable bonds is 9. The van der Waals surface area contributed by atoms with Gasteiger partial charge in [-0.1, -0.05) is 55.5 Å². The monoisotopic (exact) mass is 451 g/mol. The predicted octanol–water partition coefficient (Wildman–Crippen LogP) is 5.10. The van der Waals surface area contributed by atoms with Crippen LogP contribution < -0.4 is 5.32 Å². The lowest BCUT2D eigenvalue weighted by Gasteiger charge is -2.21. The number of halogens is 1. The Labute approximate surface area is 184 Å². The van der Waals surface area contributed by atoms with Crippen molar-refractivity contribution in [1.29, 1.82) is 0 Å². The van der Waals surface area contributed by atoms with Gasteiger partial charge in [0.25, 0.3) is 5.69 Å². The van der Waals surface area contributed by atoms with Crippen molar-refractivity contribution in [3.63, 3.8) is 0 Å². The van der Waals surface area contributed by atoms with Crippen LogP contribution in [0.4, 0.5) is 11.4 Å². The van der Waals surface area contributed by atoms with Gasteiger partial charge in [0.1, 0.15) is 5.82 Å². The standard InChI is InChI=1S/C20H26ClN5O3S/c1-2-25-18(11-8-14-6-4-3-5-7-14)23-24-20(25)30-13-19(27)22-17-12-15(26(28)29)9-10-16(17)21/h9-10,12,14H,2-8,11,13H2,1H3,(H,22,27). The molecule has 1 heterocycles. The van der Waals surface area contributed by atoms with Crippen LogP contribution in [-0.2, 0) is 17.8 Å². The summed E-state index contributed by atoms with van der Waals surface area (Å²) in [5, 5.41) is 23.1. The molecule has 0 aliphatic heterocycles. The average Bonchev–Trinajstić information content (AvgIpc) is 3.14. The van der Waals surface area contributed by atoms with Crippen LogP contribution >= 0.6 is 23.4 Å². The smallest absolute Gasteiger partial charge is 0.271 e. The lowest BCUT2D eigenvalue weighted by Crippen LogP contribution is -2.15. The first kappa shape index (κ1) is 22.6. The van der Waals surface area contributed by atoms with E-state index < -0.39 is 4.92 Å².